The molecule has 1 spiro atoms. The second-order valence-corrected chi connectivity index (χ2v) is 17.5. The van der Waals surface area contributed by atoms with E-state index >= 15 is 0 Å². The van der Waals surface area contributed by atoms with Crippen molar-refractivity contribution in [1.82, 2.24) is 0 Å². The molecule has 60 heavy (non-hydrogen) atoms. The predicted molar refractivity (Wildman–Crippen MR) is 228 cm³/mol. The zero-order valence-electron chi connectivity index (χ0n) is 35.7. The zero-order valence-corrected chi connectivity index (χ0v) is 35.7. The quantitative estimate of drug-likeness (QED) is 0.129. The molecule has 2 N–H and O–H groups in total. The molecule has 3 aliphatic carbocycles. The minimum atomic E-state index is -2.07. The lowest BCUT2D eigenvalue weighted by Gasteiger charge is -2.47. The molecule has 2 heterocycles. The summed E-state index contributed by atoms with van der Waals surface area (Å²) >= 11 is 0. The van der Waals surface area contributed by atoms with Gasteiger partial charge in [-0.05, 0) is 115 Å². The molecule has 2 aromatic rings. The van der Waals surface area contributed by atoms with Gasteiger partial charge in [0.05, 0.1) is 16.5 Å². The third-order valence-corrected chi connectivity index (χ3v) is 13.0. The minimum Gasteiger partial charge on any atom is -0.506 e. The van der Waals surface area contributed by atoms with Crippen LogP contribution in [-0.4, -0.2) is 58.6 Å². The van der Waals surface area contributed by atoms with Crippen LogP contribution in [0.2, 0.25) is 0 Å². The molecule has 10 heteroatoms. The van der Waals surface area contributed by atoms with Crippen LogP contribution in [0.1, 0.15) is 125 Å². The van der Waals surface area contributed by atoms with Crippen molar-refractivity contribution in [2.24, 2.45) is 22.2 Å². The van der Waals surface area contributed by atoms with E-state index in [2.05, 4.69) is 0 Å². The molecule has 7 rings (SSSR count). The molecule has 1 saturated carbocycles. The van der Waals surface area contributed by atoms with Crippen LogP contribution in [0.5, 0.6) is 11.5 Å². The van der Waals surface area contributed by atoms with Gasteiger partial charge >= 0.3 is 0 Å². The van der Waals surface area contributed by atoms with Crippen LogP contribution >= 0.6 is 0 Å². The Morgan fingerprint density at radius 3 is 2.00 bits per heavy atom. The second kappa shape index (κ2) is 16.7. The van der Waals surface area contributed by atoms with Gasteiger partial charge in [-0.3, -0.25) is 28.8 Å². The zero-order chi connectivity index (χ0) is 43.9. The van der Waals surface area contributed by atoms with Gasteiger partial charge in [-0.25, -0.2) is 0 Å². The molecule has 5 atom stereocenters. The highest BCUT2D eigenvalue weighted by atomic mass is 16.5. The van der Waals surface area contributed by atoms with E-state index in [0.29, 0.717) is 48.9 Å². The first-order chi connectivity index (χ1) is 28.4. The van der Waals surface area contributed by atoms with E-state index in [0.717, 1.165) is 22.3 Å². The number of Topliss-reactive ketones (excluding diaryl/α,β-unsaturated/α-hetero) is 4. The maximum absolute atomic E-state index is 14.2. The number of rotatable bonds is 5. The molecule has 2 aromatic carbocycles. The fraction of sp³-hybridized carbons (Fsp3) is 0.400. The summed E-state index contributed by atoms with van der Waals surface area (Å²) in [6.07, 6.45) is 10.2. The molecule has 0 amide bonds. The van der Waals surface area contributed by atoms with E-state index in [1.165, 1.54) is 12.1 Å². The number of aliphatic hydroxyl groups is 2. The number of ether oxygens (including phenoxy) is 2. The van der Waals surface area contributed by atoms with Crippen LogP contribution in [0, 0.1) is 22.2 Å². The van der Waals surface area contributed by atoms with Gasteiger partial charge < -0.3 is 19.7 Å². The Labute approximate surface area is 351 Å². The smallest absolute Gasteiger partial charge is 0.193 e. The lowest BCUT2D eigenvalue weighted by atomic mass is 9.52. The summed E-state index contributed by atoms with van der Waals surface area (Å²) in [7, 11) is 0. The van der Waals surface area contributed by atoms with Crippen LogP contribution in [0.3, 0.4) is 0 Å². The van der Waals surface area contributed by atoms with E-state index in [4.69, 9.17) is 9.47 Å². The molecule has 1 unspecified atom stereocenters. The van der Waals surface area contributed by atoms with Gasteiger partial charge in [-0.1, -0.05) is 72.2 Å². The van der Waals surface area contributed by atoms with Crippen LogP contribution in [0.15, 0.2) is 100 Å². The highest BCUT2D eigenvalue weighted by Crippen LogP contribution is 2.59. The van der Waals surface area contributed by atoms with Crippen molar-refractivity contribution in [3.05, 3.63) is 122 Å². The molecule has 0 radical (unpaired) electrons. The summed E-state index contributed by atoms with van der Waals surface area (Å²) in [6, 6.07) is 9.72. The third-order valence-electron chi connectivity index (χ3n) is 13.0. The van der Waals surface area contributed by atoms with Gasteiger partial charge in [0.2, 0.25) is 0 Å². The fourth-order valence-electron chi connectivity index (χ4n) is 9.12. The molecule has 5 aliphatic rings. The lowest BCUT2D eigenvalue weighted by Crippen LogP contribution is -2.60. The van der Waals surface area contributed by atoms with Crippen molar-refractivity contribution in [3.8, 4) is 11.5 Å². The van der Waals surface area contributed by atoms with Crippen molar-refractivity contribution in [1.29, 1.82) is 0 Å². The lowest BCUT2D eigenvalue weighted by molar-refractivity contribution is -0.160. The Kier molecular flexibility index (Phi) is 12.2. The van der Waals surface area contributed by atoms with Gasteiger partial charge in [0.1, 0.15) is 42.1 Å². The molecule has 5 bridgehead atoms. The number of carbonyl (C=O) groups is 6. The topological polar surface area (TPSA) is 161 Å². The highest BCUT2D eigenvalue weighted by molar-refractivity contribution is 6.34. The Bertz CT molecular complexity index is 2390. The van der Waals surface area contributed by atoms with E-state index in [9.17, 15) is 39.0 Å². The molecule has 1 fully saturated rings. The first-order valence-electron chi connectivity index (χ1n) is 20.4. The number of hydrogen-bond donors (Lipinski definition) is 2. The summed E-state index contributed by atoms with van der Waals surface area (Å²) in [5.41, 5.74) is 1.09. The van der Waals surface area contributed by atoms with Gasteiger partial charge in [0.15, 0.2) is 40.6 Å². The fourth-order valence-corrected chi connectivity index (χ4v) is 9.12. The average molecular weight is 815 g/mol. The van der Waals surface area contributed by atoms with Gasteiger partial charge in [-0.15, -0.1) is 0 Å². The number of aliphatic hydroxyl groups excluding tert-OH is 2. The monoisotopic (exact) mass is 814 g/mol. The number of fused-ring (bicyclic) bond motifs is 4. The summed E-state index contributed by atoms with van der Waals surface area (Å²) in [4.78, 5) is 79.6. The molecule has 0 saturated heterocycles. The molecular formula is C50H54O10. The standard InChI is InChI=1S/C25H28O5.C25H26O5/c1-14(2)8-10-24-11-9-15(3)13-30-18-7-5-6-17-20(18)22(28)25(21(17)27,23(24)29)19(26)12-16(24)4;1-15(2)8-10-25-11-9-16(3)14-30-20-7-5-6-18(13-26)21(20)23(28)22(24(25)29)19(27)12-17(25)4/h5-9,16,21,27H,10-13H2,1-4H3;5-9,12-13,28H,10-11,14H2,1-4H3/b15-9+;16-9+,23-22?/t16?,21-,24+,25-;25-/m10/s1. The maximum atomic E-state index is 14.2. The summed E-state index contributed by atoms with van der Waals surface area (Å²) in [5.74, 6) is -2.70. The van der Waals surface area contributed by atoms with Crippen molar-refractivity contribution in [2.45, 2.75) is 93.6 Å². The van der Waals surface area contributed by atoms with Gasteiger partial charge in [0.25, 0.3) is 0 Å². The van der Waals surface area contributed by atoms with Gasteiger partial charge in [-0.2, -0.15) is 0 Å². The third kappa shape index (κ3) is 7.18. The molecule has 0 aromatic heterocycles. The number of ketones is 5. The minimum absolute atomic E-state index is 0.0722. The second-order valence-electron chi connectivity index (χ2n) is 17.5. The van der Waals surface area contributed by atoms with Crippen LogP contribution < -0.4 is 9.47 Å². The highest BCUT2D eigenvalue weighted by Gasteiger charge is 2.70. The summed E-state index contributed by atoms with van der Waals surface area (Å²) in [6.45, 7) is 15.9. The van der Waals surface area contributed by atoms with Crippen molar-refractivity contribution in [2.75, 3.05) is 13.2 Å². The Morgan fingerprint density at radius 1 is 0.800 bits per heavy atom. The van der Waals surface area contributed by atoms with Gasteiger partial charge in [0, 0.05) is 17.4 Å². The SMILES string of the molecule is CC(C)=CC[C@]12C/C=C(\C)COc3cccc(C=O)c3C(O)=C(C(=O)C=C1C)C2=O.CC(C)=CC[C@]12C/C=C(\C)COc3cccc4c3C(=O)[C@](C(=O)CC1C)(C2=O)[C@@H]4O. The molecule has 10 nitrogen and oxygen atoms in total. The normalized spacial score (nSPS) is 28.9. The van der Waals surface area contributed by atoms with Crippen LogP contribution in [0.4, 0.5) is 0 Å². The number of aldehydes is 1. The Morgan fingerprint density at radius 2 is 1.38 bits per heavy atom. The predicted octanol–water partition coefficient (Wildman–Crippen LogP) is 9.09. The van der Waals surface area contributed by atoms with E-state index in [-0.39, 0.29) is 53.6 Å². The first-order valence-corrected chi connectivity index (χ1v) is 20.4. The van der Waals surface area contributed by atoms with E-state index in [1.54, 1.807) is 37.3 Å². The largest absolute Gasteiger partial charge is 0.506 e. The van der Waals surface area contributed by atoms with Crippen molar-refractivity contribution < 1.29 is 48.5 Å². The van der Waals surface area contributed by atoms with E-state index in [1.807, 2.05) is 72.8 Å². The Balaban J connectivity index is 0.000000201. The Hall–Kier alpha value is -5.74. The number of hydrogen-bond acceptors (Lipinski definition) is 10. The number of benzene rings is 2. The van der Waals surface area contributed by atoms with Crippen LogP contribution in [-0.2, 0) is 19.2 Å². The van der Waals surface area contributed by atoms with Crippen LogP contribution in [0.25, 0.3) is 5.76 Å². The summed E-state index contributed by atoms with van der Waals surface area (Å²) < 4.78 is 11.7. The first kappa shape index (κ1) is 43.8. The van der Waals surface area contributed by atoms with Crippen molar-refractivity contribution >= 4 is 41.0 Å². The molecule has 314 valence electrons. The summed E-state index contributed by atoms with van der Waals surface area (Å²) in [5, 5.41) is 22.4. The van der Waals surface area contributed by atoms with E-state index < -0.39 is 57.0 Å². The average Bonchev–Trinajstić information content (AvgIpc) is 3.42. The molecular weight excluding hydrogens is 761 g/mol. The maximum Gasteiger partial charge on any atom is 0.193 e. The molecule has 2 aliphatic heterocycles. The van der Waals surface area contributed by atoms with Crippen molar-refractivity contribution in [3.63, 3.8) is 0 Å². The number of carbonyl (C=O) groups excluding carboxylic acids is 6. The number of allylic oxidation sites excluding steroid dienone is 9.